The Bertz CT molecular complexity index is 992. The molecule has 2 aromatic rings. The first-order valence-electron chi connectivity index (χ1n) is 7.91. The van der Waals surface area contributed by atoms with Crippen LogP contribution in [0.2, 0.25) is 10.0 Å². The van der Waals surface area contributed by atoms with E-state index in [2.05, 4.69) is 15.2 Å². The summed E-state index contributed by atoms with van der Waals surface area (Å²) in [7, 11) is -4.06. The van der Waals surface area contributed by atoms with Gasteiger partial charge in [0.25, 0.3) is 5.91 Å². The molecule has 152 valence electrons. The minimum absolute atomic E-state index is 0.0492. The van der Waals surface area contributed by atoms with E-state index >= 15 is 0 Å². The van der Waals surface area contributed by atoms with Gasteiger partial charge >= 0.3 is 5.97 Å². The molecular weight excluding hydrogens is 433 g/mol. The van der Waals surface area contributed by atoms with Gasteiger partial charge in [0, 0.05) is 6.07 Å². The quantitative estimate of drug-likeness (QED) is 0.621. The number of anilines is 1. The fourth-order valence-corrected chi connectivity index (χ4v) is 3.56. The smallest absolute Gasteiger partial charge is 0.324 e. The van der Waals surface area contributed by atoms with Crippen LogP contribution in [0.1, 0.15) is 19.6 Å². The lowest BCUT2D eigenvalue weighted by molar-refractivity contribution is -0.154. The summed E-state index contributed by atoms with van der Waals surface area (Å²) in [5, 5.41) is 6.23. The lowest BCUT2D eigenvalue weighted by atomic mass is 10.3. The van der Waals surface area contributed by atoms with Crippen LogP contribution < -0.4 is 10.0 Å². The average Bonchev–Trinajstić information content (AvgIpc) is 3.01. The maximum Gasteiger partial charge on any atom is 0.324 e. The molecule has 1 aromatic carbocycles. The molecular formula is C16H17Cl2N3O6S. The molecule has 1 unspecified atom stereocenters. The Labute approximate surface area is 171 Å². The van der Waals surface area contributed by atoms with Crippen LogP contribution in [0, 0.1) is 6.92 Å². The van der Waals surface area contributed by atoms with Crippen LogP contribution >= 0.6 is 23.2 Å². The highest BCUT2D eigenvalue weighted by molar-refractivity contribution is 7.89. The second-order valence-corrected chi connectivity index (χ2v) is 8.34. The molecule has 28 heavy (non-hydrogen) atoms. The molecule has 0 aliphatic heterocycles. The second kappa shape index (κ2) is 8.91. The minimum Gasteiger partial charge on any atom is -0.451 e. The van der Waals surface area contributed by atoms with E-state index in [0.29, 0.717) is 5.76 Å². The third-order valence-electron chi connectivity index (χ3n) is 3.43. The van der Waals surface area contributed by atoms with Gasteiger partial charge in [-0.15, -0.1) is 0 Å². The van der Waals surface area contributed by atoms with Crippen LogP contribution in [0.4, 0.5) is 5.82 Å². The molecule has 12 heteroatoms. The highest BCUT2D eigenvalue weighted by Gasteiger charge is 2.27. The molecule has 0 spiro atoms. The van der Waals surface area contributed by atoms with Crippen LogP contribution in [-0.2, 0) is 24.3 Å². The van der Waals surface area contributed by atoms with E-state index in [1.807, 2.05) is 0 Å². The van der Waals surface area contributed by atoms with E-state index in [1.165, 1.54) is 32.0 Å². The summed E-state index contributed by atoms with van der Waals surface area (Å²) in [5.41, 5.74) is 0. The van der Waals surface area contributed by atoms with Gasteiger partial charge in [0.2, 0.25) is 10.0 Å². The Balaban J connectivity index is 1.97. The SMILES string of the molecule is Cc1cc(NC(=O)C(C)OC(=O)[C@H](C)NS(=O)(=O)c2ccc(Cl)c(Cl)c2)no1. The molecule has 0 saturated heterocycles. The van der Waals surface area contributed by atoms with Gasteiger partial charge in [-0.25, -0.2) is 8.42 Å². The van der Waals surface area contributed by atoms with Crippen molar-refractivity contribution in [1.82, 2.24) is 9.88 Å². The minimum atomic E-state index is -4.06. The Morgan fingerprint density at radius 3 is 2.43 bits per heavy atom. The largest absolute Gasteiger partial charge is 0.451 e. The Morgan fingerprint density at radius 2 is 1.86 bits per heavy atom. The normalized spacial score (nSPS) is 13.6. The van der Waals surface area contributed by atoms with Gasteiger partial charge in [0.1, 0.15) is 11.8 Å². The van der Waals surface area contributed by atoms with Crippen molar-refractivity contribution in [2.24, 2.45) is 0 Å². The number of esters is 1. The summed E-state index contributed by atoms with van der Waals surface area (Å²) in [6.45, 7) is 4.26. The number of amides is 1. The van der Waals surface area contributed by atoms with Crippen molar-refractivity contribution in [2.75, 3.05) is 5.32 Å². The number of ether oxygens (including phenoxy) is 1. The number of aromatic nitrogens is 1. The fraction of sp³-hybridized carbons (Fsp3) is 0.312. The van der Waals surface area contributed by atoms with Crippen LogP contribution in [0.5, 0.6) is 0 Å². The predicted octanol–water partition coefficient (Wildman–Crippen LogP) is 2.53. The van der Waals surface area contributed by atoms with E-state index in [1.54, 1.807) is 6.92 Å². The number of nitrogens with zero attached hydrogens (tertiary/aromatic N) is 1. The van der Waals surface area contributed by atoms with Gasteiger partial charge in [-0.2, -0.15) is 4.72 Å². The molecule has 0 bridgehead atoms. The number of nitrogens with one attached hydrogen (secondary N) is 2. The maximum absolute atomic E-state index is 12.4. The zero-order chi connectivity index (χ0) is 21.1. The van der Waals surface area contributed by atoms with Crippen molar-refractivity contribution in [2.45, 2.75) is 37.8 Å². The van der Waals surface area contributed by atoms with E-state index < -0.39 is 34.0 Å². The van der Waals surface area contributed by atoms with Crippen molar-refractivity contribution in [3.05, 3.63) is 40.1 Å². The highest BCUT2D eigenvalue weighted by atomic mass is 35.5. The Kier molecular flexibility index (Phi) is 7.05. The number of benzene rings is 1. The van der Waals surface area contributed by atoms with Crippen LogP contribution in [0.3, 0.4) is 0 Å². The number of aryl methyl sites for hydroxylation is 1. The first-order chi connectivity index (χ1) is 13.0. The molecule has 1 amide bonds. The van der Waals surface area contributed by atoms with E-state index in [9.17, 15) is 18.0 Å². The number of carbonyl (C=O) groups is 2. The van der Waals surface area contributed by atoms with Gasteiger partial charge in [-0.05, 0) is 39.0 Å². The number of hydrogen-bond donors (Lipinski definition) is 2. The van der Waals surface area contributed by atoms with Gasteiger partial charge in [0.05, 0.1) is 14.9 Å². The zero-order valence-electron chi connectivity index (χ0n) is 15.0. The van der Waals surface area contributed by atoms with Gasteiger partial charge in [-0.1, -0.05) is 28.4 Å². The molecule has 2 rings (SSSR count). The average molecular weight is 450 g/mol. The summed E-state index contributed by atoms with van der Waals surface area (Å²) in [5.74, 6) is -0.937. The van der Waals surface area contributed by atoms with E-state index in [0.717, 1.165) is 6.07 Å². The lowest BCUT2D eigenvalue weighted by Gasteiger charge is -2.17. The van der Waals surface area contributed by atoms with Gasteiger partial charge in [0.15, 0.2) is 11.9 Å². The van der Waals surface area contributed by atoms with Crippen LogP contribution in [0.15, 0.2) is 33.7 Å². The highest BCUT2D eigenvalue weighted by Crippen LogP contribution is 2.24. The third kappa shape index (κ3) is 5.68. The summed E-state index contributed by atoms with van der Waals surface area (Å²) in [6.07, 6.45) is -1.19. The number of sulfonamides is 1. The fourth-order valence-electron chi connectivity index (χ4n) is 1.98. The number of carbonyl (C=O) groups excluding carboxylic acids is 2. The van der Waals surface area contributed by atoms with Crippen molar-refractivity contribution in [3.63, 3.8) is 0 Å². The number of rotatable bonds is 7. The van der Waals surface area contributed by atoms with Crippen molar-refractivity contribution < 1.29 is 27.3 Å². The molecule has 2 atom stereocenters. The van der Waals surface area contributed by atoms with E-state index in [-0.39, 0.29) is 20.8 Å². The Morgan fingerprint density at radius 1 is 1.18 bits per heavy atom. The lowest BCUT2D eigenvalue weighted by Crippen LogP contribution is -2.42. The van der Waals surface area contributed by atoms with Crippen molar-refractivity contribution in [1.29, 1.82) is 0 Å². The molecule has 2 N–H and O–H groups in total. The third-order valence-corrected chi connectivity index (χ3v) is 5.71. The second-order valence-electron chi connectivity index (χ2n) is 5.81. The summed E-state index contributed by atoms with van der Waals surface area (Å²) in [6, 6.07) is 3.94. The summed E-state index contributed by atoms with van der Waals surface area (Å²) < 4.78 is 36.7. The molecule has 0 radical (unpaired) electrons. The predicted molar refractivity (Wildman–Crippen MR) is 102 cm³/mol. The van der Waals surface area contributed by atoms with E-state index in [4.69, 9.17) is 32.5 Å². The molecule has 9 nitrogen and oxygen atoms in total. The molecule has 0 aliphatic carbocycles. The van der Waals surface area contributed by atoms with Gasteiger partial charge < -0.3 is 14.6 Å². The molecule has 0 aliphatic rings. The summed E-state index contributed by atoms with van der Waals surface area (Å²) in [4.78, 5) is 24.0. The van der Waals surface area contributed by atoms with Crippen molar-refractivity contribution in [3.8, 4) is 0 Å². The maximum atomic E-state index is 12.4. The molecule has 1 heterocycles. The van der Waals surface area contributed by atoms with Crippen LogP contribution in [0.25, 0.3) is 0 Å². The first kappa shape index (κ1) is 22.2. The standard InChI is InChI=1S/C16H17Cl2N3O6S/c1-8-6-14(20-27-8)19-15(22)10(3)26-16(23)9(2)21-28(24,25)11-4-5-12(17)13(18)7-11/h4-7,9-10,21H,1-3H3,(H,19,20,22)/t9-,10?/m0/s1. The Hall–Kier alpha value is -2.14. The van der Waals surface area contributed by atoms with Crippen LogP contribution in [-0.4, -0.2) is 37.6 Å². The summed E-state index contributed by atoms with van der Waals surface area (Å²) >= 11 is 11.6. The molecule has 1 aromatic heterocycles. The first-order valence-corrected chi connectivity index (χ1v) is 10.2. The number of hydrogen-bond acceptors (Lipinski definition) is 7. The monoisotopic (exact) mass is 449 g/mol. The number of halogens is 2. The topological polar surface area (TPSA) is 128 Å². The zero-order valence-corrected chi connectivity index (χ0v) is 17.4. The molecule has 0 fully saturated rings. The molecule has 0 saturated carbocycles. The van der Waals surface area contributed by atoms with Crippen molar-refractivity contribution >= 4 is 50.9 Å². The van der Waals surface area contributed by atoms with Gasteiger partial charge in [-0.3, -0.25) is 9.59 Å².